The third-order valence-electron chi connectivity index (χ3n) is 3.01. The Balaban J connectivity index is 2.61. The maximum absolute atomic E-state index is 10.5. The van der Waals surface area contributed by atoms with Crippen LogP contribution in [0.2, 0.25) is 0 Å². The Morgan fingerprint density at radius 1 is 1.21 bits per heavy atom. The number of aliphatic hydroxyl groups excluding tert-OH is 1. The first-order valence-corrected chi connectivity index (χ1v) is 6.62. The molecule has 3 N–H and O–H groups in total. The molecule has 4 nitrogen and oxygen atoms in total. The Bertz CT molecular complexity index is 400. The fraction of sp³-hybridized carbons (Fsp3) is 0.533. The SMILES string of the molecule is CC(C)Cc1ccc(C(O)C(C)NCC(=O)O)cc1. The lowest BCUT2D eigenvalue weighted by molar-refractivity contribution is -0.136. The van der Waals surface area contributed by atoms with E-state index < -0.39 is 12.1 Å². The van der Waals surface area contributed by atoms with Crippen molar-refractivity contribution in [2.75, 3.05) is 6.54 Å². The van der Waals surface area contributed by atoms with Gasteiger partial charge in [-0.25, -0.2) is 0 Å². The number of hydrogen-bond donors (Lipinski definition) is 3. The molecule has 0 saturated carbocycles. The molecular formula is C15H23NO3. The van der Waals surface area contributed by atoms with Gasteiger partial charge in [0.15, 0.2) is 0 Å². The number of benzene rings is 1. The van der Waals surface area contributed by atoms with Crippen LogP contribution < -0.4 is 5.32 Å². The molecule has 2 unspecified atom stereocenters. The first-order valence-electron chi connectivity index (χ1n) is 6.62. The van der Waals surface area contributed by atoms with Gasteiger partial charge in [0.1, 0.15) is 0 Å². The van der Waals surface area contributed by atoms with Crippen molar-refractivity contribution in [3.8, 4) is 0 Å². The summed E-state index contributed by atoms with van der Waals surface area (Å²) in [5.41, 5.74) is 2.05. The number of carbonyl (C=O) groups is 1. The number of nitrogens with one attached hydrogen (secondary N) is 1. The van der Waals surface area contributed by atoms with E-state index in [1.807, 2.05) is 24.3 Å². The quantitative estimate of drug-likeness (QED) is 0.705. The fourth-order valence-electron chi connectivity index (χ4n) is 1.97. The number of rotatable bonds is 7. The summed E-state index contributed by atoms with van der Waals surface area (Å²) < 4.78 is 0. The molecule has 0 aliphatic heterocycles. The van der Waals surface area contributed by atoms with E-state index in [9.17, 15) is 9.90 Å². The minimum atomic E-state index is -0.925. The lowest BCUT2D eigenvalue weighted by Gasteiger charge is -2.20. The Morgan fingerprint density at radius 3 is 2.26 bits per heavy atom. The molecule has 0 aliphatic rings. The number of carboxylic acid groups (broad SMARTS) is 1. The summed E-state index contributed by atoms with van der Waals surface area (Å²) in [6.45, 7) is 5.96. The molecule has 0 saturated heterocycles. The molecule has 106 valence electrons. The smallest absolute Gasteiger partial charge is 0.317 e. The summed E-state index contributed by atoms with van der Waals surface area (Å²) >= 11 is 0. The minimum Gasteiger partial charge on any atom is -0.480 e. The van der Waals surface area contributed by atoms with Crippen molar-refractivity contribution in [1.29, 1.82) is 0 Å². The van der Waals surface area contributed by atoms with Crippen LogP contribution in [0.5, 0.6) is 0 Å². The van der Waals surface area contributed by atoms with Gasteiger partial charge in [-0.2, -0.15) is 0 Å². The van der Waals surface area contributed by atoms with E-state index in [2.05, 4.69) is 19.2 Å². The van der Waals surface area contributed by atoms with Gasteiger partial charge in [0.2, 0.25) is 0 Å². The Hall–Kier alpha value is -1.39. The monoisotopic (exact) mass is 265 g/mol. The van der Waals surface area contributed by atoms with Crippen molar-refractivity contribution < 1.29 is 15.0 Å². The topological polar surface area (TPSA) is 69.6 Å². The van der Waals surface area contributed by atoms with E-state index in [4.69, 9.17) is 5.11 Å². The highest BCUT2D eigenvalue weighted by molar-refractivity contribution is 5.69. The lowest BCUT2D eigenvalue weighted by Crippen LogP contribution is -2.35. The molecule has 0 aliphatic carbocycles. The molecule has 19 heavy (non-hydrogen) atoms. The van der Waals surface area contributed by atoms with Gasteiger partial charge < -0.3 is 15.5 Å². The maximum Gasteiger partial charge on any atom is 0.317 e. The molecule has 1 rings (SSSR count). The molecule has 0 radical (unpaired) electrons. The standard InChI is InChI=1S/C15H23NO3/c1-10(2)8-12-4-6-13(7-5-12)15(19)11(3)16-9-14(17)18/h4-7,10-11,15-16,19H,8-9H2,1-3H3,(H,17,18). The van der Waals surface area contributed by atoms with E-state index in [1.54, 1.807) is 6.92 Å². The van der Waals surface area contributed by atoms with Gasteiger partial charge in [0.25, 0.3) is 0 Å². The van der Waals surface area contributed by atoms with Crippen LogP contribution >= 0.6 is 0 Å². The van der Waals surface area contributed by atoms with Crippen molar-refractivity contribution in [2.45, 2.75) is 39.3 Å². The summed E-state index contributed by atoms with van der Waals surface area (Å²) in [6, 6.07) is 7.54. The first kappa shape index (κ1) is 15.7. The second kappa shape index (κ2) is 7.26. The van der Waals surface area contributed by atoms with Crippen LogP contribution in [0.1, 0.15) is 38.0 Å². The van der Waals surface area contributed by atoms with Crippen molar-refractivity contribution in [3.05, 3.63) is 35.4 Å². The number of aliphatic carboxylic acids is 1. The summed E-state index contributed by atoms with van der Waals surface area (Å²) in [6.07, 6.45) is 0.316. The zero-order valence-corrected chi connectivity index (χ0v) is 11.8. The highest BCUT2D eigenvalue weighted by Crippen LogP contribution is 2.18. The van der Waals surface area contributed by atoms with Crippen LogP contribution in [-0.4, -0.2) is 28.8 Å². The predicted molar refractivity (Wildman–Crippen MR) is 75.0 cm³/mol. The highest BCUT2D eigenvalue weighted by Gasteiger charge is 2.16. The molecule has 0 spiro atoms. The van der Waals surface area contributed by atoms with Crippen LogP contribution in [0.3, 0.4) is 0 Å². The summed E-state index contributed by atoms with van der Waals surface area (Å²) in [7, 11) is 0. The van der Waals surface area contributed by atoms with E-state index in [-0.39, 0.29) is 12.6 Å². The van der Waals surface area contributed by atoms with Gasteiger partial charge in [0, 0.05) is 6.04 Å². The Kier molecular flexibility index (Phi) is 5.99. The van der Waals surface area contributed by atoms with Crippen molar-refractivity contribution >= 4 is 5.97 Å². The van der Waals surface area contributed by atoms with Crippen LogP contribution in [-0.2, 0) is 11.2 Å². The van der Waals surface area contributed by atoms with Gasteiger partial charge in [-0.05, 0) is 30.4 Å². The third kappa shape index (κ3) is 5.41. The molecule has 1 aromatic carbocycles. The molecular weight excluding hydrogens is 242 g/mol. The highest BCUT2D eigenvalue weighted by atomic mass is 16.4. The van der Waals surface area contributed by atoms with Crippen LogP contribution in [0.15, 0.2) is 24.3 Å². The van der Waals surface area contributed by atoms with E-state index in [0.29, 0.717) is 5.92 Å². The van der Waals surface area contributed by atoms with Crippen LogP contribution in [0.25, 0.3) is 0 Å². The molecule has 1 aromatic rings. The van der Waals surface area contributed by atoms with E-state index in [1.165, 1.54) is 5.56 Å². The number of carboxylic acids is 1. The van der Waals surface area contributed by atoms with Gasteiger partial charge >= 0.3 is 5.97 Å². The number of aliphatic hydroxyl groups is 1. The third-order valence-corrected chi connectivity index (χ3v) is 3.01. The second-order valence-corrected chi connectivity index (χ2v) is 5.35. The van der Waals surface area contributed by atoms with Gasteiger partial charge in [-0.15, -0.1) is 0 Å². The molecule has 0 amide bonds. The first-order chi connectivity index (χ1) is 8.90. The molecule has 4 heteroatoms. The number of hydrogen-bond acceptors (Lipinski definition) is 3. The lowest BCUT2D eigenvalue weighted by atomic mass is 9.98. The minimum absolute atomic E-state index is 0.149. The average Bonchev–Trinajstić information content (AvgIpc) is 2.35. The predicted octanol–water partition coefficient (Wildman–Crippen LogP) is 1.98. The van der Waals surface area contributed by atoms with Gasteiger partial charge in [-0.3, -0.25) is 4.79 Å². The average molecular weight is 265 g/mol. The van der Waals surface area contributed by atoms with Crippen LogP contribution in [0.4, 0.5) is 0 Å². The van der Waals surface area contributed by atoms with Crippen molar-refractivity contribution in [2.24, 2.45) is 5.92 Å². The fourth-order valence-corrected chi connectivity index (χ4v) is 1.97. The van der Waals surface area contributed by atoms with Crippen LogP contribution in [0, 0.1) is 5.92 Å². The Labute approximate surface area is 114 Å². The molecule has 0 aromatic heterocycles. The Morgan fingerprint density at radius 2 is 1.79 bits per heavy atom. The molecule has 0 bridgehead atoms. The maximum atomic E-state index is 10.5. The summed E-state index contributed by atoms with van der Waals surface area (Å²) in [5, 5.41) is 21.5. The molecule has 0 heterocycles. The normalized spacial score (nSPS) is 14.4. The van der Waals surface area contributed by atoms with E-state index in [0.717, 1.165) is 12.0 Å². The van der Waals surface area contributed by atoms with Crippen molar-refractivity contribution in [1.82, 2.24) is 5.32 Å². The zero-order chi connectivity index (χ0) is 14.4. The van der Waals surface area contributed by atoms with E-state index >= 15 is 0 Å². The summed E-state index contributed by atoms with van der Waals surface area (Å²) in [4.78, 5) is 10.5. The largest absolute Gasteiger partial charge is 0.480 e. The zero-order valence-electron chi connectivity index (χ0n) is 11.8. The molecule has 0 fully saturated rings. The van der Waals surface area contributed by atoms with Gasteiger partial charge in [-0.1, -0.05) is 38.1 Å². The summed E-state index contributed by atoms with van der Waals surface area (Å²) in [5.74, 6) is -0.321. The van der Waals surface area contributed by atoms with Crippen molar-refractivity contribution in [3.63, 3.8) is 0 Å². The molecule has 2 atom stereocenters. The van der Waals surface area contributed by atoms with Gasteiger partial charge in [0.05, 0.1) is 12.6 Å². The second-order valence-electron chi connectivity index (χ2n) is 5.35.